The second kappa shape index (κ2) is 6.35. The van der Waals surface area contributed by atoms with Crippen molar-refractivity contribution in [3.63, 3.8) is 0 Å². The Balaban J connectivity index is 2.01. The molecule has 0 aromatic heterocycles. The lowest BCUT2D eigenvalue weighted by molar-refractivity contribution is 0.0929. The van der Waals surface area contributed by atoms with Gasteiger partial charge < -0.3 is 11.1 Å². The molecule has 1 saturated carbocycles. The molecule has 1 fully saturated rings. The van der Waals surface area contributed by atoms with E-state index in [1.165, 1.54) is 6.42 Å². The fourth-order valence-corrected chi connectivity index (χ4v) is 2.46. The Morgan fingerprint density at radius 1 is 1.21 bits per heavy atom. The highest BCUT2D eigenvalue weighted by Crippen LogP contribution is 2.17. The number of rotatable bonds is 2. The number of hydrogen-bond acceptors (Lipinski definition) is 3. The third-order valence-electron chi connectivity index (χ3n) is 3.66. The molecular weight excluding hydrogens is 238 g/mol. The van der Waals surface area contributed by atoms with E-state index < -0.39 is 0 Å². The van der Waals surface area contributed by atoms with Crippen molar-refractivity contribution in [1.29, 1.82) is 5.26 Å². The van der Waals surface area contributed by atoms with E-state index in [4.69, 9.17) is 11.0 Å². The van der Waals surface area contributed by atoms with Crippen LogP contribution in [0.25, 0.3) is 0 Å². The Hall–Kier alpha value is -1.86. The van der Waals surface area contributed by atoms with Gasteiger partial charge in [-0.15, -0.1) is 0 Å². The first-order valence-corrected chi connectivity index (χ1v) is 6.77. The first-order valence-electron chi connectivity index (χ1n) is 6.77. The zero-order valence-corrected chi connectivity index (χ0v) is 10.9. The van der Waals surface area contributed by atoms with Crippen molar-refractivity contribution >= 4 is 5.91 Å². The number of nitrogens with zero attached hydrogens (tertiary/aromatic N) is 1. The Morgan fingerprint density at radius 3 is 2.58 bits per heavy atom. The van der Waals surface area contributed by atoms with Crippen LogP contribution in [0.5, 0.6) is 0 Å². The van der Waals surface area contributed by atoms with Crippen LogP contribution >= 0.6 is 0 Å². The quantitative estimate of drug-likeness (QED) is 0.795. The lowest BCUT2D eigenvalue weighted by atomic mass is 10.0. The standard InChI is InChI=1S/C15H19N3O/c16-10-11-6-8-12(9-7-11)15(19)18-14-5-3-1-2-4-13(14)17/h6-9,13-14H,1-5,17H2,(H,18,19). The van der Waals surface area contributed by atoms with Crippen LogP contribution in [0, 0.1) is 11.3 Å². The highest BCUT2D eigenvalue weighted by Gasteiger charge is 2.22. The zero-order valence-electron chi connectivity index (χ0n) is 10.9. The number of carbonyl (C=O) groups excluding carboxylic acids is 1. The molecule has 0 spiro atoms. The summed E-state index contributed by atoms with van der Waals surface area (Å²) in [5.41, 5.74) is 7.23. The minimum absolute atomic E-state index is 0.0461. The molecule has 0 saturated heterocycles. The van der Waals surface area contributed by atoms with Crippen molar-refractivity contribution in [3.05, 3.63) is 35.4 Å². The lowest BCUT2D eigenvalue weighted by Crippen LogP contribution is -2.46. The molecule has 2 atom stereocenters. The molecule has 0 radical (unpaired) electrons. The van der Waals surface area contributed by atoms with Gasteiger partial charge in [0.1, 0.15) is 0 Å². The summed E-state index contributed by atoms with van der Waals surface area (Å²) in [5.74, 6) is -0.105. The Kier molecular flexibility index (Phi) is 4.53. The lowest BCUT2D eigenvalue weighted by Gasteiger charge is -2.22. The maximum Gasteiger partial charge on any atom is 0.251 e. The highest BCUT2D eigenvalue weighted by molar-refractivity contribution is 5.94. The molecule has 1 aliphatic rings. The molecule has 4 nitrogen and oxygen atoms in total. The molecule has 1 aliphatic carbocycles. The molecule has 0 aliphatic heterocycles. The van der Waals surface area contributed by atoms with E-state index in [2.05, 4.69) is 5.32 Å². The average Bonchev–Trinajstić information content (AvgIpc) is 2.64. The number of carbonyl (C=O) groups is 1. The van der Waals surface area contributed by atoms with E-state index in [1.54, 1.807) is 24.3 Å². The van der Waals surface area contributed by atoms with E-state index in [9.17, 15) is 4.79 Å². The summed E-state index contributed by atoms with van der Waals surface area (Å²) in [6, 6.07) is 8.81. The van der Waals surface area contributed by atoms with E-state index >= 15 is 0 Å². The van der Waals surface area contributed by atoms with Crippen molar-refractivity contribution in [3.8, 4) is 6.07 Å². The van der Waals surface area contributed by atoms with Gasteiger partial charge in [-0.2, -0.15) is 5.26 Å². The van der Waals surface area contributed by atoms with E-state index in [1.807, 2.05) is 6.07 Å². The van der Waals surface area contributed by atoms with Crippen molar-refractivity contribution in [2.45, 2.75) is 44.2 Å². The van der Waals surface area contributed by atoms with Gasteiger partial charge in [0.15, 0.2) is 0 Å². The molecule has 1 amide bonds. The van der Waals surface area contributed by atoms with Crippen molar-refractivity contribution in [2.75, 3.05) is 0 Å². The summed E-state index contributed by atoms with van der Waals surface area (Å²) in [7, 11) is 0. The fourth-order valence-electron chi connectivity index (χ4n) is 2.46. The van der Waals surface area contributed by atoms with Crippen LogP contribution < -0.4 is 11.1 Å². The van der Waals surface area contributed by atoms with Crippen LogP contribution in [0.2, 0.25) is 0 Å². The monoisotopic (exact) mass is 257 g/mol. The summed E-state index contributed by atoms with van der Waals surface area (Å²) in [6.07, 6.45) is 5.37. The Labute approximate surface area is 113 Å². The second-order valence-electron chi connectivity index (χ2n) is 5.07. The Bertz CT molecular complexity index is 475. The van der Waals surface area contributed by atoms with Crippen molar-refractivity contribution in [1.82, 2.24) is 5.32 Å². The molecule has 2 rings (SSSR count). The van der Waals surface area contributed by atoms with Gasteiger partial charge in [-0.1, -0.05) is 19.3 Å². The molecule has 2 unspecified atom stereocenters. The van der Waals surface area contributed by atoms with Crippen LogP contribution in [0.3, 0.4) is 0 Å². The zero-order chi connectivity index (χ0) is 13.7. The predicted molar refractivity (Wildman–Crippen MR) is 73.5 cm³/mol. The molecule has 0 bridgehead atoms. The van der Waals surface area contributed by atoms with Crippen LogP contribution in [0.1, 0.15) is 48.0 Å². The smallest absolute Gasteiger partial charge is 0.251 e. The van der Waals surface area contributed by atoms with E-state index in [-0.39, 0.29) is 18.0 Å². The fraction of sp³-hybridized carbons (Fsp3) is 0.467. The number of nitrogens with two attached hydrogens (primary N) is 1. The van der Waals surface area contributed by atoms with Gasteiger partial charge in [0.2, 0.25) is 0 Å². The number of benzene rings is 1. The van der Waals surface area contributed by atoms with Crippen LogP contribution in [-0.2, 0) is 0 Å². The van der Waals surface area contributed by atoms with Gasteiger partial charge >= 0.3 is 0 Å². The van der Waals surface area contributed by atoms with Gasteiger partial charge in [-0.3, -0.25) is 4.79 Å². The molecule has 3 N–H and O–H groups in total. The minimum atomic E-state index is -0.105. The summed E-state index contributed by atoms with van der Waals surface area (Å²) >= 11 is 0. The SMILES string of the molecule is N#Cc1ccc(C(=O)NC2CCCCCC2N)cc1. The highest BCUT2D eigenvalue weighted by atomic mass is 16.1. The van der Waals surface area contributed by atoms with Crippen molar-refractivity contribution in [2.24, 2.45) is 5.73 Å². The predicted octanol–water partition coefficient (Wildman–Crippen LogP) is 1.95. The summed E-state index contributed by atoms with van der Waals surface area (Å²) in [4.78, 5) is 12.1. The van der Waals surface area contributed by atoms with Crippen LogP contribution in [0.15, 0.2) is 24.3 Å². The van der Waals surface area contributed by atoms with Crippen LogP contribution in [0.4, 0.5) is 0 Å². The van der Waals surface area contributed by atoms with Gasteiger partial charge in [0, 0.05) is 17.6 Å². The minimum Gasteiger partial charge on any atom is -0.348 e. The summed E-state index contributed by atoms with van der Waals surface area (Å²) in [6.45, 7) is 0. The molecule has 19 heavy (non-hydrogen) atoms. The van der Waals surface area contributed by atoms with Crippen molar-refractivity contribution < 1.29 is 4.79 Å². The van der Waals surface area contributed by atoms with E-state index in [0.717, 1.165) is 25.7 Å². The number of hydrogen-bond donors (Lipinski definition) is 2. The largest absolute Gasteiger partial charge is 0.348 e. The Morgan fingerprint density at radius 2 is 1.89 bits per heavy atom. The molecule has 0 heterocycles. The van der Waals surface area contributed by atoms with Crippen LogP contribution in [-0.4, -0.2) is 18.0 Å². The third kappa shape index (κ3) is 3.55. The summed E-state index contributed by atoms with van der Waals surface area (Å²) < 4.78 is 0. The first-order chi connectivity index (χ1) is 9.20. The molecule has 4 heteroatoms. The van der Waals surface area contributed by atoms with Gasteiger partial charge in [0.05, 0.1) is 11.6 Å². The maximum absolute atomic E-state index is 12.1. The maximum atomic E-state index is 12.1. The number of nitriles is 1. The van der Waals surface area contributed by atoms with Gasteiger partial charge in [0.25, 0.3) is 5.91 Å². The second-order valence-corrected chi connectivity index (χ2v) is 5.07. The average molecular weight is 257 g/mol. The molecular formula is C15H19N3O. The van der Waals surface area contributed by atoms with E-state index in [0.29, 0.717) is 11.1 Å². The van der Waals surface area contributed by atoms with Gasteiger partial charge in [-0.25, -0.2) is 0 Å². The molecule has 100 valence electrons. The molecule has 1 aromatic carbocycles. The summed E-state index contributed by atoms with van der Waals surface area (Å²) in [5, 5.41) is 11.7. The molecule has 1 aromatic rings. The topological polar surface area (TPSA) is 78.9 Å². The number of nitrogens with one attached hydrogen (secondary N) is 1. The first kappa shape index (κ1) is 13.6. The third-order valence-corrected chi connectivity index (χ3v) is 3.66. The van der Waals surface area contributed by atoms with Gasteiger partial charge in [-0.05, 0) is 37.1 Å². The normalized spacial score (nSPS) is 23.2. The number of amides is 1.